The lowest BCUT2D eigenvalue weighted by Gasteiger charge is -2.16. The van der Waals surface area contributed by atoms with Crippen molar-refractivity contribution in [2.45, 2.75) is 18.8 Å². The second-order valence-electron chi connectivity index (χ2n) is 4.33. The fraction of sp³-hybridized carbons (Fsp3) is 0.385. The van der Waals surface area contributed by atoms with Gasteiger partial charge in [-0.3, -0.25) is 14.9 Å². The standard InChI is InChI=1S/C13H14FN3O4/c14-12-2-1-10(17(19)20)8-11(12)9(7-13(16)18)3-5-21-6-4-15/h1-2,8-9H,3,5-7H2,(H2,16,18). The Balaban J connectivity index is 2.96. The second-order valence-corrected chi connectivity index (χ2v) is 4.33. The molecule has 0 aliphatic carbocycles. The highest BCUT2D eigenvalue weighted by Crippen LogP contribution is 2.29. The number of non-ortho nitro benzene ring substituents is 1. The Morgan fingerprint density at radius 2 is 2.29 bits per heavy atom. The number of rotatable bonds is 8. The second kappa shape index (κ2) is 7.91. The highest BCUT2D eigenvalue weighted by molar-refractivity contribution is 5.74. The van der Waals surface area contributed by atoms with Crippen LogP contribution in [0.5, 0.6) is 0 Å². The van der Waals surface area contributed by atoms with Crippen LogP contribution in [0.25, 0.3) is 0 Å². The lowest BCUT2D eigenvalue weighted by atomic mass is 9.91. The zero-order valence-electron chi connectivity index (χ0n) is 11.1. The van der Waals surface area contributed by atoms with Crippen molar-refractivity contribution in [1.29, 1.82) is 5.26 Å². The number of primary amides is 1. The molecule has 0 aromatic heterocycles. The summed E-state index contributed by atoms with van der Waals surface area (Å²) in [5.41, 5.74) is 4.90. The van der Waals surface area contributed by atoms with Gasteiger partial charge in [-0.1, -0.05) is 0 Å². The van der Waals surface area contributed by atoms with Gasteiger partial charge in [0.2, 0.25) is 5.91 Å². The summed E-state index contributed by atoms with van der Waals surface area (Å²) >= 11 is 0. The topological polar surface area (TPSA) is 119 Å². The van der Waals surface area contributed by atoms with Crippen LogP contribution < -0.4 is 5.73 Å². The molecule has 0 bridgehead atoms. The molecule has 1 amide bonds. The molecule has 112 valence electrons. The van der Waals surface area contributed by atoms with Gasteiger partial charge in [0.05, 0.1) is 11.0 Å². The minimum absolute atomic E-state index is 0.0450. The maximum absolute atomic E-state index is 13.8. The van der Waals surface area contributed by atoms with Crippen LogP contribution in [-0.2, 0) is 9.53 Å². The maximum Gasteiger partial charge on any atom is 0.269 e. The quantitative estimate of drug-likeness (QED) is 0.444. The number of benzene rings is 1. The summed E-state index contributed by atoms with van der Waals surface area (Å²) in [6.45, 7) is -0.00561. The van der Waals surface area contributed by atoms with Crippen LogP contribution in [0.1, 0.15) is 24.3 Å². The van der Waals surface area contributed by atoms with Crippen LogP contribution in [0.2, 0.25) is 0 Å². The molecule has 1 unspecified atom stereocenters. The molecule has 1 atom stereocenters. The van der Waals surface area contributed by atoms with Gasteiger partial charge in [-0.2, -0.15) is 5.26 Å². The molecule has 8 heteroatoms. The Bertz CT molecular complexity index is 571. The zero-order chi connectivity index (χ0) is 15.8. The third kappa shape index (κ3) is 5.16. The molecule has 0 saturated carbocycles. The molecular formula is C13H14FN3O4. The molecule has 0 aliphatic heterocycles. The van der Waals surface area contributed by atoms with Gasteiger partial charge in [0, 0.05) is 25.2 Å². The van der Waals surface area contributed by atoms with Gasteiger partial charge in [-0.05, 0) is 24.0 Å². The number of ether oxygens (including phenoxy) is 1. The van der Waals surface area contributed by atoms with E-state index in [-0.39, 0.29) is 37.3 Å². The first-order valence-corrected chi connectivity index (χ1v) is 6.12. The summed E-state index contributed by atoms with van der Waals surface area (Å²) in [6.07, 6.45) is 0.0662. The summed E-state index contributed by atoms with van der Waals surface area (Å²) in [6, 6.07) is 4.90. The highest BCUT2D eigenvalue weighted by atomic mass is 19.1. The molecule has 0 fully saturated rings. The van der Waals surface area contributed by atoms with Crippen molar-refractivity contribution in [2.75, 3.05) is 13.2 Å². The van der Waals surface area contributed by atoms with E-state index in [2.05, 4.69) is 0 Å². The van der Waals surface area contributed by atoms with E-state index in [0.717, 1.165) is 18.2 Å². The third-order valence-electron chi connectivity index (χ3n) is 2.86. The fourth-order valence-corrected chi connectivity index (χ4v) is 1.91. The number of amides is 1. The van der Waals surface area contributed by atoms with Crippen molar-refractivity contribution >= 4 is 11.6 Å². The Morgan fingerprint density at radius 1 is 1.57 bits per heavy atom. The number of nitro groups is 1. The van der Waals surface area contributed by atoms with Gasteiger partial charge in [0.15, 0.2) is 0 Å². The molecule has 1 aromatic carbocycles. The normalized spacial score (nSPS) is 11.6. The van der Waals surface area contributed by atoms with Crippen LogP contribution in [0.4, 0.5) is 10.1 Å². The predicted molar refractivity (Wildman–Crippen MR) is 70.7 cm³/mol. The summed E-state index contributed by atoms with van der Waals surface area (Å²) < 4.78 is 18.8. The monoisotopic (exact) mass is 295 g/mol. The van der Waals surface area contributed by atoms with Crippen molar-refractivity contribution in [3.05, 3.63) is 39.7 Å². The zero-order valence-corrected chi connectivity index (χ0v) is 11.1. The molecule has 0 saturated heterocycles. The summed E-state index contributed by atoms with van der Waals surface area (Å²) in [5, 5.41) is 19.1. The van der Waals surface area contributed by atoms with Gasteiger partial charge >= 0.3 is 0 Å². The van der Waals surface area contributed by atoms with E-state index in [1.54, 1.807) is 6.07 Å². The Morgan fingerprint density at radius 3 is 2.86 bits per heavy atom. The molecule has 0 radical (unpaired) electrons. The summed E-state index contributed by atoms with van der Waals surface area (Å²) in [5.74, 6) is -1.93. The minimum Gasteiger partial charge on any atom is -0.370 e. The number of carbonyl (C=O) groups is 1. The largest absolute Gasteiger partial charge is 0.370 e. The molecular weight excluding hydrogens is 281 g/mol. The Kier molecular flexibility index (Phi) is 6.23. The Labute approximate surface area is 120 Å². The van der Waals surface area contributed by atoms with Gasteiger partial charge in [-0.15, -0.1) is 0 Å². The van der Waals surface area contributed by atoms with E-state index < -0.39 is 22.6 Å². The Hall–Kier alpha value is -2.53. The van der Waals surface area contributed by atoms with Crippen molar-refractivity contribution in [3.63, 3.8) is 0 Å². The number of nitriles is 1. The average molecular weight is 295 g/mol. The molecule has 21 heavy (non-hydrogen) atoms. The first kappa shape index (κ1) is 16.5. The maximum atomic E-state index is 13.8. The summed E-state index contributed by atoms with van der Waals surface area (Å²) in [7, 11) is 0. The summed E-state index contributed by atoms with van der Waals surface area (Å²) in [4.78, 5) is 21.2. The number of hydrogen-bond acceptors (Lipinski definition) is 5. The molecule has 1 rings (SSSR count). The number of halogens is 1. The lowest BCUT2D eigenvalue weighted by molar-refractivity contribution is -0.385. The highest BCUT2D eigenvalue weighted by Gasteiger charge is 2.21. The predicted octanol–water partition coefficient (Wildman–Crippen LogP) is 1.62. The van der Waals surface area contributed by atoms with Crippen molar-refractivity contribution in [3.8, 4) is 6.07 Å². The van der Waals surface area contributed by atoms with Gasteiger partial charge in [-0.25, -0.2) is 4.39 Å². The number of nitrogens with two attached hydrogens (primary N) is 1. The van der Waals surface area contributed by atoms with E-state index in [9.17, 15) is 19.3 Å². The fourth-order valence-electron chi connectivity index (χ4n) is 1.91. The van der Waals surface area contributed by atoms with Gasteiger partial charge < -0.3 is 10.5 Å². The third-order valence-corrected chi connectivity index (χ3v) is 2.86. The molecule has 0 aliphatic rings. The molecule has 2 N–H and O–H groups in total. The van der Waals surface area contributed by atoms with Crippen LogP contribution >= 0.6 is 0 Å². The van der Waals surface area contributed by atoms with Crippen LogP contribution in [0.3, 0.4) is 0 Å². The average Bonchev–Trinajstić information content (AvgIpc) is 2.42. The molecule has 0 heterocycles. The van der Waals surface area contributed by atoms with E-state index >= 15 is 0 Å². The number of hydrogen-bond donors (Lipinski definition) is 1. The van der Waals surface area contributed by atoms with E-state index in [0.29, 0.717) is 0 Å². The van der Waals surface area contributed by atoms with Crippen LogP contribution in [-0.4, -0.2) is 24.0 Å². The first-order valence-electron chi connectivity index (χ1n) is 6.12. The van der Waals surface area contributed by atoms with Gasteiger partial charge in [0.1, 0.15) is 12.4 Å². The molecule has 0 spiro atoms. The van der Waals surface area contributed by atoms with Crippen molar-refractivity contribution in [1.82, 2.24) is 0 Å². The SMILES string of the molecule is N#CCOCCC(CC(N)=O)c1cc([N+](=O)[O-])ccc1F. The van der Waals surface area contributed by atoms with E-state index in [1.807, 2.05) is 0 Å². The van der Waals surface area contributed by atoms with Crippen LogP contribution in [0.15, 0.2) is 18.2 Å². The smallest absolute Gasteiger partial charge is 0.269 e. The number of nitrogens with zero attached hydrogens (tertiary/aromatic N) is 2. The first-order chi connectivity index (χ1) is 9.95. The molecule has 7 nitrogen and oxygen atoms in total. The van der Waals surface area contributed by atoms with E-state index in [4.69, 9.17) is 15.7 Å². The van der Waals surface area contributed by atoms with Crippen molar-refractivity contribution in [2.24, 2.45) is 5.73 Å². The van der Waals surface area contributed by atoms with Crippen molar-refractivity contribution < 1.29 is 18.8 Å². The van der Waals surface area contributed by atoms with Gasteiger partial charge in [0.25, 0.3) is 5.69 Å². The number of carbonyl (C=O) groups excluding carboxylic acids is 1. The lowest BCUT2D eigenvalue weighted by Crippen LogP contribution is -2.17. The number of nitro benzene ring substituents is 1. The molecule has 1 aromatic rings. The minimum atomic E-state index is -0.647. The van der Waals surface area contributed by atoms with Crippen LogP contribution in [0, 0.1) is 27.3 Å². The van der Waals surface area contributed by atoms with E-state index in [1.165, 1.54) is 0 Å².